The maximum Gasteiger partial charge on any atom is 0.232 e. The molecule has 6 nitrogen and oxygen atoms in total. The van der Waals surface area contributed by atoms with Gasteiger partial charge in [-0.15, -0.1) is 0 Å². The summed E-state index contributed by atoms with van der Waals surface area (Å²) in [5.41, 5.74) is 4.38. The molecule has 0 bridgehead atoms. The number of carbonyl (C=O) groups is 1. The summed E-state index contributed by atoms with van der Waals surface area (Å²) in [5.74, 6) is 0.816. The lowest BCUT2D eigenvalue weighted by Gasteiger charge is -2.33. The first kappa shape index (κ1) is 14.8. The summed E-state index contributed by atoms with van der Waals surface area (Å²) < 4.78 is 5.27. The number of likely N-dealkylation sites (tertiary alicyclic amines) is 1. The molecule has 1 aromatic heterocycles. The Kier molecular flexibility index (Phi) is 3.14. The average molecular weight is 322 g/mol. The van der Waals surface area contributed by atoms with Crippen molar-refractivity contribution in [2.45, 2.75) is 26.7 Å². The minimum atomic E-state index is -0.500. The van der Waals surface area contributed by atoms with Gasteiger partial charge in [-0.05, 0) is 49.9 Å². The van der Waals surface area contributed by atoms with Gasteiger partial charge in [0.2, 0.25) is 5.91 Å². The molecule has 2 aromatic rings. The second-order valence-electron chi connectivity index (χ2n) is 6.75. The highest BCUT2D eigenvalue weighted by Gasteiger charge is 2.47. The molecule has 0 saturated carbocycles. The lowest BCUT2D eigenvalue weighted by molar-refractivity contribution is -0.125. The highest BCUT2D eigenvalue weighted by Crippen LogP contribution is 2.42. The maximum atomic E-state index is 12.6. The first-order chi connectivity index (χ1) is 11.5. The molecule has 6 heteroatoms. The summed E-state index contributed by atoms with van der Waals surface area (Å²) in [5, 5.41) is 16.2. The first-order valence-corrected chi connectivity index (χ1v) is 8.05. The number of fused-ring (bicyclic) bond motifs is 1. The van der Waals surface area contributed by atoms with Crippen LogP contribution in [0.15, 0.2) is 22.7 Å². The minimum Gasteiger partial charge on any atom is -0.361 e. The molecule has 2 aliphatic heterocycles. The van der Waals surface area contributed by atoms with E-state index in [0.29, 0.717) is 25.9 Å². The Bertz CT molecular complexity index is 860. The molecule has 1 fully saturated rings. The Morgan fingerprint density at radius 2 is 2.25 bits per heavy atom. The van der Waals surface area contributed by atoms with Gasteiger partial charge in [-0.1, -0.05) is 11.2 Å². The van der Waals surface area contributed by atoms with E-state index in [2.05, 4.69) is 22.7 Å². The molecule has 24 heavy (non-hydrogen) atoms. The second-order valence-corrected chi connectivity index (χ2v) is 6.75. The van der Waals surface area contributed by atoms with Crippen molar-refractivity contribution < 1.29 is 9.32 Å². The van der Waals surface area contributed by atoms with Crippen LogP contribution in [-0.2, 0) is 11.2 Å². The maximum absolute atomic E-state index is 12.6. The fourth-order valence-electron chi connectivity index (χ4n) is 3.90. The van der Waals surface area contributed by atoms with E-state index in [0.717, 1.165) is 33.8 Å². The number of rotatable bonds is 1. The van der Waals surface area contributed by atoms with Crippen LogP contribution in [-0.4, -0.2) is 29.1 Å². The van der Waals surface area contributed by atoms with Crippen LogP contribution in [0.4, 0.5) is 5.69 Å². The van der Waals surface area contributed by atoms with Crippen molar-refractivity contribution in [3.05, 3.63) is 35.2 Å². The molecule has 1 N–H and O–H groups in total. The van der Waals surface area contributed by atoms with Crippen molar-refractivity contribution in [2.75, 3.05) is 18.4 Å². The molecule has 3 heterocycles. The summed E-state index contributed by atoms with van der Waals surface area (Å²) in [4.78, 5) is 14.3. The third kappa shape index (κ3) is 2.08. The molecule has 2 aliphatic rings. The van der Waals surface area contributed by atoms with Crippen LogP contribution in [0.3, 0.4) is 0 Å². The molecule has 1 spiro atoms. The second kappa shape index (κ2) is 5.10. The number of amides is 1. The predicted octanol–water partition coefficient (Wildman–Crippen LogP) is 2.63. The summed E-state index contributed by atoms with van der Waals surface area (Å²) in [7, 11) is 0. The van der Waals surface area contributed by atoms with Crippen molar-refractivity contribution in [3.63, 3.8) is 0 Å². The Hall–Kier alpha value is -2.81. The predicted molar refractivity (Wildman–Crippen MR) is 88.0 cm³/mol. The van der Waals surface area contributed by atoms with Gasteiger partial charge in [0.15, 0.2) is 6.19 Å². The van der Waals surface area contributed by atoms with E-state index in [-0.39, 0.29) is 5.91 Å². The van der Waals surface area contributed by atoms with Crippen molar-refractivity contribution >= 4 is 11.6 Å². The highest BCUT2D eigenvalue weighted by atomic mass is 16.5. The van der Waals surface area contributed by atoms with Crippen molar-refractivity contribution in [2.24, 2.45) is 5.41 Å². The molecule has 1 aromatic carbocycles. The fourth-order valence-corrected chi connectivity index (χ4v) is 3.90. The molecule has 122 valence electrons. The van der Waals surface area contributed by atoms with Crippen LogP contribution < -0.4 is 5.32 Å². The van der Waals surface area contributed by atoms with Crippen molar-refractivity contribution in [1.29, 1.82) is 5.26 Å². The van der Waals surface area contributed by atoms with E-state index < -0.39 is 5.41 Å². The van der Waals surface area contributed by atoms with Crippen LogP contribution >= 0.6 is 0 Å². The van der Waals surface area contributed by atoms with E-state index >= 15 is 0 Å². The number of benzene rings is 1. The van der Waals surface area contributed by atoms with Crippen LogP contribution in [0.2, 0.25) is 0 Å². The molecule has 4 rings (SSSR count). The number of nitrogens with one attached hydrogen (secondary N) is 1. The van der Waals surface area contributed by atoms with Gasteiger partial charge in [0.25, 0.3) is 0 Å². The molecule has 1 atom stereocenters. The lowest BCUT2D eigenvalue weighted by Crippen LogP contribution is -2.43. The van der Waals surface area contributed by atoms with Crippen LogP contribution in [0.25, 0.3) is 11.1 Å². The van der Waals surface area contributed by atoms with Crippen molar-refractivity contribution in [3.8, 4) is 17.3 Å². The number of carbonyl (C=O) groups excluding carboxylic acids is 1. The van der Waals surface area contributed by atoms with Gasteiger partial charge >= 0.3 is 0 Å². The molecule has 1 saturated heterocycles. The Morgan fingerprint density at radius 1 is 1.42 bits per heavy atom. The average Bonchev–Trinajstić information content (AvgIpc) is 3.13. The quantitative estimate of drug-likeness (QED) is 0.816. The Labute approximate surface area is 140 Å². The van der Waals surface area contributed by atoms with Crippen LogP contribution in [0.5, 0.6) is 0 Å². The number of hydrogen-bond acceptors (Lipinski definition) is 5. The van der Waals surface area contributed by atoms with Gasteiger partial charge in [-0.25, -0.2) is 0 Å². The van der Waals surface area contributed by atoms with Gasteiger partial charge < -0.3 is 14.7 Å². The Balaban J connectivity index is 1.74. The number of nitrogens with zero attached hydrogens (tertiary/aromatic N) is 3. The van der Waals surface area contributed by atoms with Crippen molar-refractivity contribution in [1.82, 2.24) is 10.1 Å². The largest absolute Gasteiger partial charge is 0.361 e. The van der Waals surface area contributed by atoms with Gasteiger partial charge in [-0.3, -0.25) is 4.79 Å². The van der Waals surface area contributed by atoms with Gasteiger partial charge in [-0.2, -0.15) is 5.26 Å². The highest BCUT2D eigenvalue weighted by molar-refractivity contribution is 5.99. The van der Waals surface area contributed by atoms with Crippen LogP contribution in [0.1, 0.15) is 23.4 Å². The van der Waals surface area contributed by atoms with E-state index in [1.54, 1.807) is 4.90 Å². The smallest absolute Gasteiger partial charge is 0.232 e. The zero-order valence-electron chi connectivity index (χ0n) is 13.7. The first-order valence-electron chi connectivity index (χ1n) is 8.05. The third-order valence-corrected chi connectivity index (χ3v) is 5.18. The zero-order valence-corrected chi connectivity index (χ0v) is 13.7. The SMILES string of the molecule is Cc1noc(C)c1-c1ccc2c(c1)CC1(CCN(C#N)C1)C(=O)N2. The van der Waals surface area contributed by atoms with Gasteiger partial charge in [0, 0.05) is 24.3 Å². The molecular formula is C18H18N4O2. The number of nitriles is 1. The van der Waals surface area contributed by atoms with E-state index in [4.69, 9.17) is 9.78 Å². The third-order valence-electron chi connectivity index (χ3n) is 5.18. The summed E-state index contributed by atoms with van der Waals surface area (Å²) in [6.07, 6.45) is 3.53. The topological polar surface area (TPSA) is 82.2 Å². The molecule has 1 amide bonds. The lowest BCUT2D eigenvalue weighted by atomic mass is 9.76. The summed E-state index contributed by atoms with van der Waals surface area (Å²) in [6, 6.07) is 6.04. The normalized spacial score (nSPS) is 22.4. The number of hydrogen-bond donors (Lipinski definition) is 1. The van der Waals surface area contributed by atoms with Crippen LogP contribution in [0, 0.1) is 30.7 Å². The standard InChI is InChI=1S/C18H18N4O2/c1-11-16(12(2)24-21-11)13-3-4-15-14(7-13)8-18(17(23)20-15)5-6-22(9-18)10-19/h3-4,7H,5-6,8-9H2,1-2H3,(H,20,23). The fraction of sp³-hybridized carbons (Fsp3) is 0.389. The number of anilines is 1. The summed E-state index contributed by atoms with van der Waals surface area (Å²) in [6.45, 7) is 4.96. The van der Waals surface area contributed by atoms with Gasteiger partial charge in [0.1, 0.15) is 5.76 Å². The zero-order chi connectivity index (χ0) is 16.9. The minimum absolute atomic E-state index is 0.0258. The van der Waals surface area contributed by atoms with E-state index in [1.165, 1.54) is 0 Å². The monoisotopic (exact) mass is 322 g/mol. The van der Waals surface area contributed by atoms with E-state index in [9.17, 15) is 4.79 Å². The van der Waals surface area contributed by atoms with Gasteiger partial charge in [0.05, 0.1) is 11.1 Å². The molecular weight excluding hydrogens is 304 g/mol. The molecule has 0 aliphatic carbocycles. The Morgan fingerprint density at radius 3 is 2.92 bits per heavy atom. The molecule has 1 unspecified atom stereocenters. The number of aryl methyl sites for hydroxylation is 2. The van der Waals surface area contributed by atoms with E-state index in [1.807, 2.05) is 26.0 Å². The number of aromatic nitrogens is 1. The molecule has 0 radical (unpaired) electrons. The summed E-state index contributed by atoms with van der Waals surface area (Å²) >= 11 is 0.